The first-order valence-electron chi connectivity index (χ1n) is 8.34. The highest BCUT2D eigenvalue weighted by Gasteiger charge is 2.29. The van der Waals surface area contributed by atoms with Crippen molar-refractivity contribution >= 4 is 23.2 Å². The van der Waals surface area contributed by atoms with Gasteiger partial charge in [-0.3, -0.25) is 14.5 Å². The molecule has 25 heavy (non-hydrogen) atoms. The van der Waals surface area contributed by atoms with Gasteiger partial charge in [-0.25, -0.2) is 4.98 Å². The lowest BCUT2D eigenvalue weighted by Crippen LogP contribution is -2.54. The van der Waals surface area contributed by atoms with E-state index in [0.717, 1.165) is 30.9 Å². The van der Waals surface area contributed by atoms with E-state index in [2.05, 4.69) is 44.1 Å². The second-order valence-electron chi connectivity index (χ2n) is 6.19. The molecule has 3 rings (SSSR count). The predicted molar refractivity (Wildman–Crippen MR) is 96.7 cm³/mol. The van der Waals surface area contributed by atoms with Gasteiger partial charge in [0, 0.05) is 31.9 Å². The van der Waals surface area contributed by atoms with Gasteiger partial charge in [0.15, 0.2) is 5.82 Å². The number of rotatable bonds is 5. The first-order chi connectivity index (χ1) is 12.1. The summed E-state index contributed by atoms with van der Waals surface area (Å²) in [6.45, 7) is 6.49. The van der Waals surface area contributed by atoms with E-state index in [4.69, 9.17) is 0 Å². The fourth-order valence-corrected chi connectivity index (χ4v) is 3.09. The molecule has 0 radical (unpaired) electrons. The smallest absolute Gasteiger partial charge is 0.243 e. The first-order valence-corrected chi connectivity index (χ1v) is 8.34. The zero-order valence-corrected chi connectivity index (χ0v) is 14.5. The highest BCUT2D eigenvalue weighted by atomic mass is 16.1. The minimum atomic E-state index is -0.142. The molecule has 2 N–H and O–H groups in total. The van der Waals surface area contributed by atoms with Crippen LogP contribution in [0.1, 0.15) is 19.8 Å². The fraction of sp³-hybridized carbons (Fsp3) is 0.412. The number of nitrogens with one attached hydrogen (secondary N) is 2. The predicted octanol–water partition coefficient (Wildman–Crippen LogP) is 1.61. The monoisotopic (exact) mass is 341 g/mol. The molecule has 2 aromatic heterocycles. The summed E-state index contributed by atoms with van der Waals surface area (Å²) in [4.78, 5) is 22.8. The SMILES string of the molecule is C=CC(=O)N[C@@H]1CCCN(c2cncc(Nc3cnn(C)c3)n2)[C@@H]1C. The van der Waals surface area contributed by atoms with Crippen LogP contribution in [0.5, 0.6) is 0 Å². The van der Waals surface area contributed by atoms with Crippen molar-refractivity contribution in [2.45, 2.75) is 31.8 Å². The van der Waals surface area contributed by atoms with Gasteiger partial charge in [-0.2, -0.15) is 5.10 Å². The van der Waals surface area contributed by atoms with Crippen LogP contribution >= 0.6 is 0 Å². The Morgan fingerprint density at radius 1 is 1.40 bits per heavy atom. The molecule has 0 aromatic carbocycles. The standard InChI is InChI=1S/C17H23N7O/c1-4-17(25)21-14-6-5-7-24(12(14)2)16-10-18-9-15(22-16)20-13-8-19-23(3)11-13/h4,8-12,14H,1,5-7H2,2-3H3,(H,20,22)(H,21,25)/t12-,14-/m1/s1. The lowest BCUT2D eigenvalue weighted by atomic mass is 9.97. The van der Waals surface area contributed by atoms with Crippen molar-refractivity contribution in [3.8, 4) is 0 Å². The number of amides is 1. The van der Waals surface area contributed by atoms with Gasteiger partial charge in [0.2, 0.25) is 5.91 Å². The van der Waals surface area contributed by atoms with E-state index in [9.17, 15) is 4.79 Å². The minimum Gasteiger partial charge on any atom is -0.351 e. The molecule has 0 spiro atoms. The average Bonchev–Trinajstić information content (AvgIpc) is 3.01. The summed E-state index contributed by atoms with van der Waals surface area (Å²) in [7, 11) is 1.86. The molecule has 2 aromatic rings. The molecule has 0 unspecified atom stereocenters. The molecule has 8 heteroatoms. The number of aromatic nitrogens is 4. The molecule has 3 heterocycles. The van der Waals surface area contributed by atoms with Crippen LogP contribution in [0.3, 0.4) is 0 Å². The molecule has 1 amide bonds. The van der Waals surface area contributed by atoms with Gasteiger partial charge in [0.1, 0.15) is 5.82 Å². The third-order valence-corrected chi connectivity index (χ3v) is 4.39. The van der Waals surface area contributed by atoms with Crippen LogP contribution in [0.4, 0.5) is 17.3 Å². The van der Waals surface area contributed by atoms with Crippen molar-refractivity contribution in [3.63, 3.8) is 0 Å². The van der Waals surface area contributed by atoms with E-state index in [1.54, 1.807) is 23.3 Å². The molecule has 8 nitrogen and oxygen atoms in total. The van der Waals surface area contributed by atoms with E-state index in [-0.39, 0.29) is 18.0 Å². The lowest BCUT2D eigenvalue weighted by Gasteiger charge is -2.40. The maximum Gasteiger partial charge on any atom is 0.243 e. The van der Waals surface area contributed by atoms with Crippen molar-refractivity contribution in [2.24, 2.45) is 7.05 Å². The molecule has 132 valence electrons. The van der Waals surface area contributed by atoms with Crippen LogP contribution in [-0.2, 0) is 11.8 Å². The minimum absolute atomic E-state index is 0.0657. The highest BCUT2D eigenvalue weighted by Crippen LogP contribution is 2.24. The molecule has 1 aliphatic heterocycles. The highest BCUT2D eigenvalue weighted by molar-refractivity contribution is 5.87. The summed E-state index contributed by atoms with van der Waals surface area (Å²) >= 11 is 0. The van der Waals surface area contributed by atoms with Crippen molar-refractivity contribution in [1.82, 2.24) is 25.1 Å². The Kier molecular flexibility index (Phi) is 4.97. The third-order valence-electron chi connectivity index (χ3n) is 4.39. The lowest BCUT2D eigenvalue weighted by molar-refractivity contribution is -0.117. The van der Waals surface area contributed by atoms with Crippen LogP contribution in [0, 0.1) is 0 Å². The van der Waals surface area contributed by atoms with Crippen molar-refractivity contribution in [2.75, 3.05) is 16.8 Å². The third kappa shape index (κ3) is 3.96. The Balaban J connectivity index is 1.75. The Morgan fingerprint density at radius 3 is 2.96 bits per heavy atom. The van der Waals surface area contributed by atoms with E-state index in [1.807, 2.05) is 13.2 Å². The summed E-state index contributed by atoms with van der Waals surface area (Å²) < 4.78 is 1.72. The molecule has 1 saturated heterocycles. The van der Waals surface area contributed by atoms with Gasteiger partial charge < -0.3 is 15.5 Å². The van der Waals surface area contributed by atoms with Gasteiger partial charge >= 0.3 is 0 Å². The summed E-state index contributed by atoms with van der Waals surface area (Å²) in [5, 5.41) is 10.3. The van der Waals surface area contributed by atoms with E-state index in [0.29, 0.717) is 5.82 Å². The average molecular weight is 341 g/mol. The van der Waals surface area contributed by atoms with Gasteiger partial charge in [-0.05, 0) is 25.8 Å². The van der Waals surface area contributed by atoms with Crippen LogP contribution in [0.25, 0.3) is 0 Å². The van der Waals surface area contributed by atoms with Gasteiger partial charge in [-0.15, -0.1) is 0 Å². The van der Waals surface area contributed by atoms with E-state index in [1.165, 1.54) is 6.08 Å². The van der Waals surface area contributed by atoms with Gasteiger partial charge in [0.25, 0.3) is 0 Å². The van der Waals surface area contributed by atoms with Crippen molar-refractivity contribution in [1.29, 1.82) is 0 Å². The molecular weight excluding hydrogens is 318 g/mol. The fourth-order valence-electron chi connectivity index (χ4n) is 3.09. The van der Waals surface area contributed by atoms with E-state index < -0.39 is 0 Å². The van der Waals surface area contributed by atoms with Crippen molar-refractivity contribution < 1.29 is 4.79 Å². The Morgan fingerprint density at radius 2 is 2.24 bits per heavy atom. The van der Waals surface area contributed by atoms with Crippen LogP contribution in [0.2, 0.25) is 0 Å². The topological polar surface area (TPSA) is 88.0 Å². The number of piperidine rings is 1. The number of carbonyl (C=O) groups excluding carboxylic acids is 1. The number of hydrogen-bond donors (Lipinski definition) is 2. The zero-order valence-electron chi connectivity index (χ0n) is 14.5. The molecule has 1 aliphatic rings. The number of nitrogens with zero attached hydrogens (tertiary/aromatic N) is 5. The number of aryl methyl sites for hydroxylation is 1. The van der Waals surface area contributed by atoms with E-state index >= 15 is 0 Å². The molecule has 0 aliphatic carbocycles. The van der Waals surface area contributed by atoms with Crippen LogP contribution in [0.15, 0.2) is 37.4 Å². The second-order valence-corrected chi connectivity index (χ2v) is 6.19. The summed E-state index contributed by atoms with van der Waals surface area (Å²) in [5.74, 6) is 1.31. The molecule has 0 bridgehead atoms. The summed E-state index contributed by atoms with van der Waals surface area (Å²) in [6, 6.07) is 0.191. The molecular formula is C17H23N7O. The number of hydrogen-bond acceptors (Lipinski definition) is 6. The van der Waals surface area contributed by atoms with Gasteiger partial charge in [0.05, 0.1) is 24.3 Å². The largest absolute Gasteiger partial charge is 0.351 e. The zero-order chi connectivity index (χ0) is 17.8. The maximum atomic E-state index is 11.6. The molecule has 2 atom stereocenters. The number of anilines is 3. The Bertz CT molecular complexity index is 757. The Labute approximate surface area is 147 Å². The van der Waals surface area contributed by atoms with Gasteiger partial charge in [-0.1, -0.05) is 6.58 Å². The molecule has 1 fully saturated rings. The van der Waals surface area contributed by atoms with Crippen molar-refractivity contribution in [3.05, 3.63) is 37.4 Å². The maximum absolute atomic E-state index is 11.6. The van der Waals surface area contributed by atoms with Crippen LogP contribution < -0.4 is 15.5 Å². The Hall–Kier alpha value is -2.90. The number of carbonyl (C=O) groups is 1. The quantitative estimate of drug-likeness (QED) is 0.804. The second kappa shape index (κ2) is 7.33. The summed E-state index contributed by atoms with van der Waals surface area (Å²) in [5.41, 5.74) is 0.858. The van der Waals surface area contributed by atoms with Crippen LogP contribution in [-0.4, -0.2) is 44.3 Å². The first kappa shape index (κ1) is 16.9. The normalized spacial score (nSPS) is 20.2. The summed E-state index contributed by atoms with van der Waals surface area (Å²) in [6.07, 6.45) is 10.3. The molecule has 0 saturated carbocycles.